The molecule has 0 radical (unpaired) electrons. The van der Waals surface area contributed by atoms with E-state index >= 15 is 0 Å². The van der Waals surface area contributed by atoms with E-state index in [1.807, 2.05) is 24.3 Å². The molecule has 4 heterocycles. The fourth-order valence-electron chi connectivity index (χ4n) is 3.84. The van der Waals surface area contributed by atoms with E-state index in [0.717, 1.165) is 48.4 Å². The van der Waals surface area contributed by atoms with Crippen LogP contribution >= 0.6 is 0 Å². The van der Waals surface area contributed by atoms with Crippen molar-refractivity contribution in [3.8, 4) is 11.3 Å². The first-order valence-corrected chi connectivity index (χ1v) is 9.70. The summed E-state index contributed by atoms with van der Waals surface area (Å²) >= 11 is 0. The molecule has 1 fully saturated rings. The molecule has 0 bridgehead atoms. The summed E-state index contributed by atoms with van der Waals surface area (Å²) in [5, 5.41) is 20.4. The Morgan fingerprint density at radius 2 is 1.76 bits per heavy atom. The zero-order valence-corrected chi connectivity index (χ0v) is 15.7. The van der Waals surface area contributed by atoms with Crippen LogP contribution in [-0.2, 0) is 0 Å². The first-order chi connectivity index (χ1) is 14.3. The molecule has 4 aromatic rings. The minimum absolute atomic E-state index is 0.0565. The van der Waals surface area contributed by atoms with Crippen LogP contribution in [0.4, 0.5) is 5.82 Å². The van der Waals surface area contributed by atoms with E-state index in [1.54, 1.807) is 40.1 Å². The molecule has 9 nitrogen and oxygen atoms in total. The number of nitrogens with zero attached hydrogens (tertiary/aromatic N) is 7. The number of aromatic nitrogens is 7. The maximum atomic E-state index is 12.4. The fourth-order valence-corrected chi connectivity index (χ4v) is 3.84. The van der Waals surface area contributed by atoms with Gasteiger partial charge in [0.2, 0.25) is 0 Å². The van der Waals surface area contributed by atoms with Crippen LogP contribution in [0.1, 0.15) is 31.7 Å². The monoisotopic (exact) mass is 388 g/mol. The Morgan fingerprint density at radius 3 is 2.59 bits per heavy atom. The number of rotatable bonds is 4. The molecular formula is C20H20N8O. The van der Waals surface area contributed by atoms with Crippen LogP contribution in [0.3, 0.4) is 0 Å². The molecule has 1 saturated carbocycles. The number of pyridine rings is 1. The Hall–Kier alpha value is -3.62. The standard InChI is InChI=1S/C20H20N8O/c29-20-8-5-17(14-9-11-21-12-10-14)25-28(20)16-3-1-15(2-4-16)23-18-6-7-19-24-22-13-27(19)26-18/h5-13,15-16H,1-4H2,(H,23,26). The normalized spacial score (nSPS) is 19.3. The van der Waals surface area contributed by atoms with Gasteiger partial charge in [0, 0.05) is 30.1 Å². The van der Waals surface area contributed by atoms with Crippen molar-refractivity contribution in [1.82, 2.24) is 34.6 Å². The predicted molar refractivity (Wildman–Crippen MR) is 107 cm³/mol. The van der Waals surface area contributed by atoms with Gasteiger partial charge >= 0.3 is 0 Å². The van der Waals surface area contributed by atoms with Crippen molar-refractivity contribution in [2.24, 2.45) is 0 Å². The summed E-state index contributed by atoms with van der Waals surface area (Å²) in [7, 11) is 0. The second-order valence-corrected chi connectivity index (χ2v) is 7.24. The van der Waals surface area contributed by atoms with Gasteiger partial charge in [-0.25, -0.2) is 4.68 Å². The van der Waals surface area contributed by atoms with Crippen molar-refractivity contribution in [2.75, 3.05) is 5.32 Å². The van der Waals surface area contributed by atoms with Crippen molar-refractivity contribution < 1.29 is 0 Å². The van der Waals surface area contributed by atoms with E-state index in [-0.39, 0.29) is 11.6 Å². The maximum absolute atomic E-state index is 12.4. The van der Waals surface area contributed by atoms with Gasteiger partial charge in [-0.3, -0.25) is 9.78 Å². The predicted octanol–water partition coefficient (Wildman–Crippen LogP) is 2.34. The minimum atomic E-state index is -0.0565. The van der Waals surface area contributed by atoms with Crippen molar-refractivity contribution in [1.29, 1.82) is 0 Å². The highest BCUT2D eigenvalue weighted by Gasteiger charge is 2.24. The smallest absolute Gasteiger partial charge is 0.267 e. The van der Waals surface area contributed by atoms with Crippen molar-refractivity contribution in [3.63, 3.8) is 0 Å². The minimum Gasteiger partial charge on any atom is -0.366 e. The van der Waals surface area contributed by atoms with E-state index < -0.39 is 0 Å². The Balaban J connectivity index is 1.28. The third-order valence-corrected chi connectivity index (χ3v) is 5.36. The van der Waals surface area contributed by atoms with E-state index in [0.29, 0.717) is 6.04 Å². The van der Waals surface area contributed by atoms with Crippen LogP contribution in [0.25, 0.3) is 16.9 Å². The number of nitrogens with one attached hydrogen (secondary N) is 1. The van der Waals surface area contributed by atoms with Crippen LogP contribution in [0.5, 0.6) is 0 Å². The van der Waals surface area contributed by atoms with Gasteiger partial charge in [-0.1, -0.05) is 0 Å². The molecule has 146 valence electrons. The van der Waals surface area contributed by atoms with Gasteiger partial charge in [-0.05, 0) is 56.0 Å². The molecule has 4 aromatic heterocycles. The number of hydrogen-bond acceptors (Lipinski definition) is 7. The lowest BCUT2D eigenvalue weighted by Gasteiger charge is -2.30. The molecule has 1 N–H and O–H groups in total. The molecule has 9 heteroatoms. The molecule has 5 rings (SSSR count). The van der Waals surface area contributed by atoms with Crippen LogP contribution in [0.15, 0.2) is 59.9 Å². The van der Waals surface area contributed by atoms with Gasteiger partial charge in [0.05, 0.1) is 11.7 Å². The molecule has 0 saturated heterocycles. The molecule has 29 heavy (non-hydrogen) atoms. The molecule has 0 amide bonds. The van der Waals surface area contributed by atoms with Crippen molar-refractivity contribution >= 4 is 11.5 Å². The summed E-state index contributed by atoms with van der Waals surface area (Å²) in [6.45, 7) is 0. The lowest BCUT2D eigenvalue weighted by molar-refractivity contribution is 0.304. The molecule has 0 atom stereocenters. The molecule has 0 aromatic carbocycles. The second-order valence-electron chi connectivity index (χ2n) is 7.24. The zero-order chi connectivity index (χ0) is 19.6. The summed E-state index contributed by atoms with van der Waals surface area (Å²) in [6.07, 6.45) is 8.72. The van der Waals surface area contributed by atoms with Gasteiger partial charge in [0.25, 0.3) is 5.56 Å². The van der Waals surface area contributed by atoms with E-state index in [1.165, 1.54) is 0 Å². The topological polar surface area (TPSA) is 103 Å². The third kappa shape index (κ3) is 3.58. The van der Waals surface area contributed by atoms with E-state index in [9.17, 15) is 4.79 Å². The third-order valence-electron chi connectivity index (χ3n) is 5.36. The molecule has 0 unspecified atom stereocenters. The largest absolute Gasteiger partial charge is 0.366 e. The van der Waals surface area contributed by atoms with Crippen molar-refractivity contribution in [2.45, 2.75) is 37.8 Å². The second kappa shape index (κ2) is 7.42. The summed E-state index contributed by atoms with van der Waals surface area (Å²) in [5.41, 5.74) is 2.41. The first kappa shape index (κ1) is 17.5. The molecule has 0 spiro atoms. The average Bonchev–Trinajstić information content (AvgIpc) is 3.23. The van der Waals surface area contributed by atoms with Gasteiger partial charge in [-0.2, -0.15) is 9.61 Å². The Labute approximate surface area is 166 Å². The highest BCUT2D eigenvalue weighted by atomic mass is 16.1. The van der Waals surface area contributed by atoms with Gasteiger partial charge in [-0.15, -0.1) is 15.3 Å². The first-order valence-electron chi connectivity index (χ1n) is 9.70. The molecular weight excluding hydrogens is 368 g/mol. The SMILES string of the molecule is O=c1ccc(-c2ccncc2)nn1C1CCC(Nc2ccc3nncn3n2)CC1. The Bertz CT molecular complexity index is 1180. The lowest BCUT2D eigenvalue weighted by atomic mass is 9.91. The van der Waals surface area contributed by atoms with Gasteiger partial charge < -0.3 is 5.32 Å². The van der Waals surface area contributed by atoms with Crippen LogP contribution in [-0.4, -0.2) is 40.6 Å². The Kier molecular flexibility index (Phi) is 4.47. The van der Waals surface area contributed by atoms with Crippen LogP contribution in [0.2, 0.25) is 0 Å². The Morgan fingerprint density at radius 1 is 0.931 bits per heavy atom. The van der Waals surface area contributed by atoms with Crippen molar-refractivity contribution in [3.05, 3.63) is 65.5 Å². The van der Waals surface area contributed by atoms with Crippen LogP contribution in [0, 0.1) is 0 Å². The van der Waals surface area contributed by atoms with Crippen LogP contribution < -0.4 is 10.9 Å². The van der Waals surface area contributed by atoms with E-state index in [2.05, 4.69) is 30.7 Å². The maximum Gasteiger partial charge on any atom is 0.267 e. The highest BCUT2D eigenvalue weighted by Crippen LogP contribution is 2.29. The highest BCUT2D eigenvalue weighted by molar-refractivity contribution is 5.57. The summed E-state index contributed by atoms with van der Waals surface area (Å²) in [6, 6.07) is 11.4. The molecule has 1 aliphatic carbocycles. The van der Waals surface area contributed by atoms with Gasteiger partial charge in [0.15, 0.2) is 5.65 Å². The summed E-state index contributed by atoms with van der Waals surface area (Å²) in [4.78, 5) is 16.5. The summed E-state index contributed by atoms with van der Waals surface area (Å²) in [5.74, 6) is 0.802. The number of anilines is 1. The number of hydrogen-bond donors (Lipinski definition) is 1. The fraction of sp³-hybridized carbons (Fsp3) is 0.300. The summed E-state index contributed by atoms with van der Waals surface area (Å²) < 4.78 is 3.30. The average molecular weight is 388 g/mol. The molecule has 1 aliphatic rings. The lowest BCUT2D eigenvalue weighted by Crippen LogP contribution is -2.33. The van der Waals surface area contributed by atoms with Gasteiger partial charge in [0.1, 0.15) is 12.1 Å². The zero-order valence-electron chi connectivity index (χ0n) is 15.7. The van der Waals surface area contributed by atoms with E-state index in [4.69, 9.17) is 0 Å². The molecule has 0 aliphatic heterocycles. The quantitative estimate of drug-likeness (QED) is 0.572. The number of fused-ring (bicyclic) bond motifs is 1.